The quantitative estimate of drug-likeness (QED) is 0.771. The number of ether oxygens (including phenoxy) is 1. The highest BCUT2D eigenvalue weighted by Gasteiger charge is 2.23. The molecule has 0 bridgehead atoms. The number of hydrogen-bond donors (Lipinski definition) is 1. The highest BCUT2D eigenvalue weighted by Crippen LogP contribution is 2.22. The number of anilines is 1. The van der Waals surface area contributed by atoms with Crippen molar-refractivity contribution in [2.75, 3.05) is 24.9 Å². The molecule has 28 heavy (non-hydrogen) atoms. The van der Waals surface area contributed by atoms with Crippen LogP contribution in [0.3, 0.4) is 0 Å². The Morgan fingerprint density at radius 1 is 1.07 bits per heavy atom. The summed E-state index contributed by atoms with van der Waals surface area (Å²) in [5.41, 5.74) is 0.362. The van der Waals surface area contributed by atoms with E-state index in [0.717, 1.165) is 38.2 Å². The van der Waals surface area contributed by atoms with Crippen molar-refractivity contribution in [2.45, 2.75) is 17.7 Å². The number of nitrogens with one attached hydrogen (secondary N) is 1. The van der Waals surface area contributed by atoms with E-state index in [9.17, 15) is 22.4 Å². The van der Waals surface area contributed by atoms with Crippen LogP contribution in [-0.4, -0.2) is 45.4 Å². The molecule has 9 heteroatoms. The van der Waals surface area contributed by atoms with E-state index in [1.165, 1.54) is 12.1 Å². The zero-order chi connectivity index (χ0) is 20.3. The summed E-state index contributed by atoms with van der Waals surface area (Å²) >= 11 is 0. The summed E-state index contributed by atoms with van der Waals surface area (Å²) in [4.78, 5) is 25.1. The van der Waals surface area contributed by atoms with Crippen LogP contribution in [0.25, 0.3) is 0 Å². The van der Waals surface area contributed by atoms with Crippen LogP contribution >= 0.6 is 0 Å². The molecule has 1 N–H and O–H groups in total. The van der Waals surface area contributed by atoms with E-state index in [1.807, 2.05) is 0 Å². The molecule has 0 saturated carbocycles. The molecule has 1 saturated heterocycles. The molecule has 3 rings (SSSR count). The molecular weight excluding hydrogens is 387 g/mol. The van der Waals surface area contributed by atoms with Gasteiger partial charge in [-0.05, 0) is 49.2 Å². The van der Waals surface area contributed by atoms with Crippen LogP contribution in [-0.2, 0) is 14.8 Å². The summed E-state index contributed by atoms with van der Waals surface area (Å²) in [6, 6.07) is 8.92. The molecule has 2 aromatic rings. The molecule has 2 aromatic carbocycles. The lowest BCUT2D eigenvalue weighted by molar-refractivity contribution is 0.0600. The van der Waals surface area contributed by atoms with Crippen molar-refractivity contribution in [1.29, 1.82) is 0 Å². The number of halogens is 1. The molecule has 7 nitrogen and oxygen atoms in total. The van der Waals surface area contributed by atoms with Crippen molar-refractivity contribution >= 4 is 27.6 Å². The van der Waals surface area contributed by atoms with Crippen LogP contribution in [0.4, 0.5) is 10.1 Å². The SMILES string of the molecule is COC(=O)c1ccc(F)c(S(=O)(=O)Nc2cccc(C(=O)N3CCCC3)c2)c1. The van der Waals surface area contributed by atoms with Crippen molar-refractivity contribution in [3.8, 4) is 0 Å². The van der Waals surface area contributed by atoms with Gasteiger partial charge in [0.05, 0.1) is 12.7 Å². The molecule has 0 unspecified atom stereocenters. The molecule has 1 heterocycles. The predicted molar refractivity (Wildman–Crippen MR) is 100 cm³/mol. The lowest BCUT2D eigenvalue weighted by Gasteiger charge is -2.16. The molecule has 1 aliphatic rings. The van der Waals surface area contributed by atoms with Crippen molar-refractivity contribution in [3.05, 3.63) is 59.4 Å². The topological polar surface area (TPSA) is 92.8 Å². The maximum Gasteiger partial charge on any atom is 0.337 e. The Balaban J connectivity index is 1.88. The third-order valence-corrected chi connectivity index (χ3v) is 5.79. The number of amides is 1. The average molecular weight is 406 g/mol. The molecule has 0 aliphatic carbocycles. The van der Waals surface area contributed by atoms with Gasteiger partial charge in [-0.1, -0.05) is 6.07 Å². The smallest absolute Gasteiger partial charge is 0.337 e. The first-order valence-electron chi connectivity index (χ1n) is 8.62. The van der Waals surface area contributed by atoms with Gasteiger partial charge < -0.3 is 9.64 Å². The number of nitrogens with zero attached hydrogens (tertiary/aromatic N) is 1. The number of carbonyl (C=O) groups is 2. The Morgan fingerprint density at radius 3 is 2.46 bits per heavy atom. The number of rotatable bonds is 5. The minimum Gasteiger partial charge on any atom is -0.465 e. The number of hydrogen-bond acceptors (Lipinski definition) is 5. The Kier molecular flexibility index (Phi) is 5.64. The maximum absolute atomic E-state index is 14.1. The maximum atomic E-state index is 14.1. The average Bonchev–Trinajstić information content (AvgIpc) is 3.21. The van der Waals surface area contributed by atoms with Gasteiger partial charge in [-0.15, -0.1) is 0 Å². The number of esters is 1. The third-order valence-electron chi connectivity index (χ3n) is 4.40. The third kappa shape index (κ3) is 4.14. The summed E-state index contributed by atoms with van der Waals surface area (Å²) in [5.74, 6) is -1.98. The highest BCUT2D eigenvalue weighted by molar-refractivity contribution is 7.92. The van der Waals surface area contributed by atoms with Gasteiger partial charge in [0, 0.05) is 24.3 Å². The Hall–Kier alpha value is -2.94. The van der Waals surface area contributed by atoms with Crippen LogP contribution in [0.5, 0.6) is 0 Å². The molecular formula is C19H19FN2O5S. The molecule has 0 aromatic heterocycles. The van der Waals surface area contributed by atoms with Crippen LogP contribution in [0.15, 0.2) is 47.4 Å². The zero-order valence-electron chi connectivity index (χ0n) is 15.1. The number of methoxy groups -OCH3 is 1. The van der Waals surface area contributed by atoms with E-state index in [0.29, 0.717) is 18.7 Å². The van der Waals surface area contributed by atoms with Crippen LogP contribution in [0.1, 0.15) is 33.6 Å². The fraction of sp³-hybridized carbons (Fsp3) is 0.263. The van der Waals surface area contributed by atoms with Gasteiger partial charge in [0.25, 0.3) is 15.9 Å². The Morgan fingerprint density at radius 2 is 1.79 bits per heavy atom. The molecule has 0 spiro atoms. The molecule has 148 valence electrons. The second kappa shape index (κ2) is 7.97. The summed E-state index contributed by atoms with van der Waals surface area (Å²) in [7, 11) is -3.19. The van der Waals surface area contributed by atoms with Crippen molar-refractivity contribution in [3.63, 3.8) is 0 Å². The zero-order valence-corrected chi connectivity index (χ0v) is 16.0. The summed E-state index contributed by atoms with van der Waals surface area (Å²) in [6.45, 7) is 1.33. The van der Waals surface area contributed by atoms with Crippen LogP contribution < -0.4 is 4.72 Å². The van der Waals surface area contributed by atoms with Crippen molar-refractivity contribution in [2.24, 2.45) is 0 Å². The van der Waals surface area contributed by atoms with Gasteiger partial charge in [-0.2, -0.15) is 0 Å². The van der Waals surface area contributed by atoms with E-state index in [1.54, 1.807) is 17.0 Å². The molecule has 1 fully saturated rings. The van der Waals surface area contributed by atoms with E-state index >= 15 is 0 Å². The summed E-state index contributed by atoms with van der Waals surface area (Å²) in [5, 5.41) is 0. The van der Waals surface area contributed by atoms with E-state index < -0.39 is 26.7 Å². The van der Waals surface area contributed by atoms with Crippen molar-refractivity contribution < 1.29 is 27.1 Å². The summed E-state index contributed by atoms with van der Waals surface area (Å²) in [6.07, 6.45) is 1.88. The lowest BCUT2D eigenvalue weighted by Crippen LogP contribution is -2.27. The Bertz CT molecular complexity index is 1020. The number of likely N-dealkylation sites (tertiary alicyclic amines) is 1. The minimum absolute atomic E-state index is 0.0952. The highest BCUT2D eigenvalue weighted by atomic mass is 32.2. The van der Waals surface area contributed by atoms with E-state index in [4.69, 9.17) is 0 Å². The predicted octanol–water partition coefficient (Wildman–Crippen LogP) is 2.65. The fourth-order valence-corrected chi connectivity index (χ4v) is 4.14. The molecule has 0 radical (unpaired) electrons. The first-order valence-corrected chi connectivity index (χ1v) is 10.1. The number of carbonyl (C=O) groups excluding carboxylic acids is 2. The minimum atomic E-state index is -4.33. The normalized spacial score (nSPS) is 14.0. The van der Waals surface area contributed by atoms with Crippen molar-refractivity contribution in [1.82, 2.24) is 4.90 Å². The first kappa shape index (κ1) is 19.8. The Labute approximate surface area is 162 Å². The second-order valence-corrected chi connectivity index (χ2v) is 7.97. The van der Waals surface area contributed by atoms with E-state index in [-0.39, 0.29) is 17.2 Å². The van der Waals surface area contributed by atoms with Crippen LogP contribution in [0.2, 0.25) is 0 Å². The largest absolute Gasteiger partial charge is 0.465 e. The number of sulfonamides is 1. The van der Waals surface area contributed by atoms with Gasteiger partial charge in [-0.3, -0.25) is 9.52 Å². The van der Waals surface area contributed by atoms with Gasteiger partial charge in [0.2, 0.25) is 0 Å². The fourth-order valence-electron chi connectivity index (χ4n) is 2.98. The molecule has 0 atom stereocenters. The lowest BCUT2D eigenvalue weighted by atomic mass is 10.2. The summed E-state index contributed by atoms with van der Waals surface area (Å²) < 4.78 is 46.2. The van der Waals surface area contributed by atoms with E-state index in [2.05, 4.69) is 9.46 Å². The standard InChI is InChI=1S/C19H19FN2O5S/c1-27-19(24)14-7-8-16(20)17(12-14)28(25,26)21-15-6-4-5-13(11-15)18(23)22-9-2-3-10-22/h4-8,11-12,21H,2-3,9-10H2,1H3. The molecule has 1 aliphatic heterocycles. The second-order valence-electron chi connectivity index (χ2n) is 6.32. The molecule has 1 amide bonds. The monoisotopic (exact) mass is 406 g/mol. The van der Waals surface area contributed by atoms with Gasteiger partial charge in [0.1, 0.15) is 10.7 Å². The number of benzene rings is 2. The van der Waals surface area contributed by atoms with Gasteiger partial charge in [0.15, 0.2) is 0 Å². The van der Waals surface area contributed by atoms with Gasteiger partial charge >= 0.3 is 5.97 Å². The first-order chi connectivity index (χ1) is 13.3. The van der Waals surface area contributed by atoms with Gasteiger partial charge in [-0.25, -0.2) is 17.6 Å². The van der Waals surface area contributed by atoms with Crippen LogP contribution in [0, 0.1) is 5.82 Å².